The molecular formula is C63H61N3. The number of hydrogen-bond donors (Lipinski definition) is 2. The molecule has 328 valence electrons. The maximum absolute atomic E-state index is 6.91. The van der Waals surface area contributed by atoms with Gasteiger partial charge < -0.3 is 16.0 Å². The highest BCUT2D eigenvalue weighted by atomic mass is 15.0. The van der Waals surface area contributed by atoms with Crippen molar-refractivity contribution in [3.05, 3.63) is 240 Å². The van der Waals surface area contributed by atoms with Crippen molar-refractivity contribution < 1.29 is 0 Å². The molecule has 0 radical (unpaired) electrons. The van der Waals surface area contributed by atoms with Crippen molar-refractivity contribution in [3.63, 3.8) is 0 Å². The minimum absolute atomic E-state index is 0.0513. The number of nitrogens with zero attached hydrogens (tertiary/aromatic N) is 1. The molecule has 0 saturated carbocycles. The second-order valence-corrected chi connectivity index (χ2v) is 16.9. The van der Waals surface area contributed by atoms with Gasteiger partial charge in [-0.2, -0.15) is 0 Å². The molecule has 1 aliphatic carbocycles. The van der Waals surface area contributed by atoms with E-state index in [4.69, 9.17) is 5.73 Å². The molecule has 1 aliphatic rings. The van der Waals surface area contributed by atoms with Gasteiger partial charge in [0.2, 0.25) is 0 Å². The number of hydrogen-bond acceptors (Lipinski definition) is 2. The summed E-state index contributed by atoms with van der Waals surface area (Å²) in [5.74, 6) is 0.0513. The zero-order chi connectivity index (χ0) is 46.4. The maximum atomic E-state index is 6.91. The van der Waals surface area contributed by atoms with Gasteiger partial charge in [-0.25, -0.2) is 0 Å². The Hall–Kier alpha value is -7.46. The van der Waals surface area contributed by atoms with Crippen molar-refractivity contribution in [2.75, 3.05) is 7.05 Å². The van der Waals surface area contributed by atoms with Gasteiger partial charge in [-0.3, -0.25) is 0 Å². The van der Waals surface area contributed by atoms with Gasteiger partial charge in [-0.1, -0.05) is 198 Å². The van der Waals surface area contributed by atoms with Crippen LogP contribution >= 0.6 is 0 Å². The molecule has 0 fully saturated rings. The molecule has 0 amide bonds. The first-order valence-electron chi connectivity index (χ1n) is 23.3. The lowest BCUT2D eigenvalue weighted by Gasteiger charge is -2.24. The number of aromatic nitrogens is 1. The number of allylic oxidation sites excluding steroid dienone is 3. The van der Waals surface area contributed by atoms with Crippen LogP contribution in [0.1, 0.15) is 75.3 Å². The molecule has 0 aliphatic heterocycles. The number of rotatable bonds is 6. The molecule has 1 aromatic heterocycles. The van der Waals surface area contributed by atoms with Gasteiger partial charge in [0.05, 0.1) is 11.0 Å². The minimum atomic E-state index is -0.162. The predicted octanol–water partition coefficient (Wildman–Crippen LogP) is 16.4. The molecule has 0 bridgehead atoms. The van der Waals surface area contributed by atoms with Crippen molar-refractivity contribution in [1.29, 1.82) is 0 Å². The summed E-state index contributed by atoms with van der Waals surface area (Å²) in [4.78, 5) is 0. The summed E-state index contributed by atoms with van der Waals surface area (Å²) in [6.45, 7) is 12.8. The van der Waals surface area contributed by atoms with Gasteiger partial charge in [0.1, 0.15) is 0 Å². The molecule has 66 heavy (non-hydrogen) atoms. The van der Waals surface area contributed by atoms with Crippen LogP contribution in [0.2, 0.25) is 0 Å². The fourth-order valence-corrected chi connectivity index (χ4v) is 9.88. The molecule has 0 spiro atoms. The summed E-state index contributed by atoms with van der Waals surface area (Å²) in [5.41, 5.74) is 26.8. The third-order valence-corrected chi connectivity index (χ3v) is 13.0. The summed E-state index contributed by atoms with van der Waals surface area (Å²) >= 11 is 0. The second-order valence-electron chi connectivity index (χ2n) is 16.9. The fraction of sp³-hybridized carbons (Fsp3) is 0.143. The molecule has 0 saturated heterocycles. The van der Waals surface area contributed by atoms with Crippen molar-refractivity contribution in [3.8, 4) is 27.9 Å². The lowest BCUT2D eigenvalue weighted by molar-refractivity contribution is 0.667. The van der Waals surface area contributed by atoms with Gasteiger partial charge in [-0.15, -0.1) is 0 Å². The Kier molecular flexibility index (Phi) is 13.5. The highest BCUT2D eigenvalue weighted by Gasteiger charge is 2.39. The molecule has 4 N–H and O–H groups in total. The first-order valence-corrected chi connectivity index (χ1v) is 23.3. The molecule has 0 unspecified atom stereocenters. The molecule has 11 rings (SSSR count). The van der Waals surface area contributed by atoms with Crippen molar-refractivity contribution in [2.24, 2.45) is 11.5 Å². The van der Waals surface area contributed by atoms with Crippen LogP contribution in [0.5, 0.6) is 0 Å². The molecule has 9 aromatic carbocycles. The summed E-state index contributed by atoms with van der Waals surface area (Å²) in [6, 6.07) is 70.5. The van der Waals surface area contributed by atoms with E-state index in [-0.39, 0.29) is 11.3 Å². The van der Waals surface area contributed by atoms with E-state index in [1.54, 1.807) is 0 Å². The molecule has 10 aromatic rings. The predicted molar refractivity (Wildman–Crippen MR) is 288 cm³/mol. The number of fused-ring (bicyclic) bond motifs is 11. The Balaban J connectivity index is 0.000000696. The first kappa shape index (κ1) is 45.1. The Morgan fingerprint density at radius 1 is 0.500 bits per heavy atom. The maximum Gasteiger partial charge on any atom is 0.0547 e. The zero-order valence-corrected chi connectivity index (χ0v) is 39.4. The molecule has 1 heterocycles. The van der Waals surface area contributed by atoms with E-state index in [2.05, 4.69) is 224 Å². The minimum Gasteiger partial charge on any atom is -0.398 e. The second kappa shape index (κ2) is 19.7. The van der Waals surface area contributed by atoms with E-state index in [9.17, 15) is 0 Å². The molecule has 0 atom stereocenters. The van der Waals surface area contributed by atoms with Crippen LogP contribution in [0.3, 0.4) is 0 Å². The van der Waals surface area contributed by atoms with Gasteiger partial charge in [0.25, 0.3) is 0 Å². The van der Waals surface area contributed by atoms with Gasteiger partial charge in [0.15, 0.2) is 0 Å². The average Bonchev–Trinajstić information content (AvgIpc) is 3.84. The summed E-state index contributed by atoms with van der Waals surface area (Å²) < 4.78 is 2.45. The fourth-order valence-electron chi connectivity index (χ4n) is 9.88. The van der Waals surface area contributed by atoms with E-state index in [0.29, 0.717) is 0 Å². The number of para-hydroxylation sites is 1. The smallest absolute Gasteiger partial charge is 0.0547 e. The Morgan fingerprint density at radius 3 is 1.64 bits per heavy atom. The largest absolute Gasteiger partial charge is 0.398 e. The normalized spacial score (nSPS) is 12.6. The topological polar surface area (TPSA) is 57.0 Å². The van der Waals surface area contributed by atoms with Crippen LogP contribution in [-0.4, -0.2) is 11.6 Å². The van der Waals surface area contributed by atoms with E-state index in [0.717, 1.165) is 28.1 Å². The van der Waals surface area contributed by atoms with Crippen LogP contribution in [0.4, 0.5) is 0 Å². The van der Waals surface area contributed by atoms with Gasteiger partial charge >= 0.3 is 0 Å². The monoisotopic (exact) mass is 859 g/mol. The van der Waals surface area contributed by atoms with E-state index in [1.165, 1.54) is 83.8 Å². The van der Waals surface area contributed by atoms with Gasteiger partial charge in [0, 0.05) is 33.5 Å². The van der Waals surface area contributed by atoms with Crippen LogP contribution in [-0.2, 0) is 5.41 Å². The lowest BCUT2D eigenvalue weighted by Crippen LogP contribution is -2.15. The van der Waals surface area contributed by atoms with Crippen molar-refractivity contribution >= 4 is 49.0 Å². The van der Waals surface area contributed by atoms with E-state index < -0.39 is 0 Å². The van der Waals surface area contributed by atoms with Gasteiger partial charge in [-0.05, 0) is 135 Å². The zero-order valence-electron chi connectivity index (χ0n) is 39.4. The highest BCUT2D eigenvalue weighted by molar-refractivity contribution is 6.20. The van der Waals surface area contributed by atoms with Crippen LogP contribution in [0.15, 0.2) is 212 Å². The Morgan fingerprint density at radius 2 is 1.03 bits per heavy atom. The summed E-state index contributed by atoms with van der Waals surface area (Å²) in [5, 5.41) is 7.86. The standard InChI is InChI=1S/C56H42N2.C4H8.C2H6.CH5N/c1-56(2)50-33-48-44-24-13-14-27-52(44)58(53(48)35-49(50)54-45-25-11-9-22-42(45)43-23-10-12-26-46(43)55(54)56)41-30-28-36(29-31-41)39-20-15-21-40(32-39)51(57)34-47(37-16-5-3-6-17-37)38-18-7-4-8-19-38;1-3-4-2;2*1-2/h3-35,47H,57H2,1-2H3;3-4H,1-2H3;1-2H3;2H2,1H3/b51-34-;4-3-;;. The Labute approximate surface area is 391 Å². The van der Waals surface area contributed by atoms with Crippen LogP contribution in [0.25, 0.3) is 77.0 Å². The SMILES string of the molecule is C/C=C\C.CC.CC1(C)c2cc3c4ccccc4n(-c4ccc(-c5cccc(/C(N)=C/C(c6ccccc6)c6ccccc6)c5)cc4)c3cc2-c2c1c1ccccc1c1ccccc21.CN. The lowest BCUT2D eigenvalue weighted by atomic mass is 9.79. The van der Waals surface area contributed by atoms with E-state index >= 15 is 0 Å². The summed E-state index contributed by atoms with van der Waals surface area (Å²) in [7, 11) is 1.50. The van der Waals surface area contributed by atoms with E-state index in [1.807, 2.05) is 39.8 Å². The van der Waals surface area contributed by atoms with Crippen LogP contribution < -0.4 is 11.5 Å². The number of nitrogens with two attached hydrogens (primary N) is 2. The summed E-state index contributed by atoms with van der Waals surface area (Å²) in [6.07, 6.45) is 6.19. The highest BCUT2D eigenvalue weighted by Crippen LogP contribution is 2.56. The van der Waals surface area contributed by atoms with Crippen LogP contribution in [0, 0.1) is 0 Å². The average molecular weight is 860 g/mol. The quantitative estimate of drug-likeness (QED) is 0.129. The molecule has 3 nitrogen and oxygen atoms in total. The Bertz CT molecular complexity index is 3290. The molecule has 3 heteroatoms. The number of benzene rings is 9. The van der Waals surface area contributed by atoms with Crippen molar-refractivity contribution in [1.82, 2.24) is 4.57 Å². The van der Waals surface area contributed by atoms with Crippen molar-refractivity contribution in [2.45, 2.75) is 52.9 Å². The third-order valence-electron chi connectivity index (χ3n) is 13.0. The first-order chi connectivity index (χ1) is 32.4. The third kappa shape index (κ3) is 8.12. The molecular weight excluding hydrogens is 799 g/mol.